The van der Waals surface area contributed by atoms with Crippen LogP contribution in [0.3, 0.4) is 0 Å². The maximum absolute atomic E-state index is 8.90. The summed E-state index contributed by atoms with van der Waals surface area (Å²) in [5, 5.41) is 12.3. The fraction of sp³-hybridized carbons (Fsp3) is 0.333. The van der Waals surface area contributed by atoms with Crippen molar-refractivity contribution in [1.29, 1.82) is 0 Å². The number of anilines is 1. The van der Waals surface area contributed by atoms with Crippen LogP contribution in [0.2, 0.25) is 0 Å². The number of benzene rings is 2. The summed E-state index contributed by atoms with van der Waals surface area (Å²) in [7, 11) is 0. The highest BCUT2D eigenvalue weighted by molar-refractivity contribution is 5.45. The van der Waals surface area contributed by atoms with Gasteiger partial charge in [0.25, 0.3) is 0 Å². The molecule has 3 nitrogen and oxygen atoms in total. The van der Waals surface area contributed by atoms with Gasteiger partial charge in [-0.05, 0) is 48.2 Å². The molecule has 0 aliphatic carbocycles. The van der Waals surface area contributed by atoms with Gasteiger partial charge in [-0.25, -0.2) is 0 Å². The Morgan fingerprint density at radius 2 is 1.86 bits per heavy atom. The summed E-state index contributed by atoms with van der Waals surface area (Å²) >= 11 is 0. The van der Waals surface area contributed by atoms with Gasteiger partial charge in [0.05, 0.1) is 6.61 Å². The second kappa shape index (κ2) is 8.32. The molecular formula is C18H23NO2. The summed E-state index contributed by atoms with van der Waals surface area (Å²) in [5.41, 5.74) is 3.43. The Labute approximate surface area is 126 Å². The molecule has 0 saturated carbocycles. The van der Waals surface area contributed by atoms with Crippen molar-refractivity contribution < 1.29 is 9.84 Å². The van der Waals surface area contributed by atoms with Gasteiger partial charge in [0, 0.05) is 18.8 Å². The van der Waals surface area contributed by atoms with E-state index in [1.54, 1.807) is 0 Å². The Bertz CT molecular complexity index is 537. The van der Waals surface area contributed by atoms with Gasteiger partial charge < -0.3 is 15.2 Å². The third-order valence-electron chi connectivity index (χ3n) is 3.22. The molecule has 0 spiro atoms. The lowest BCUT2D eigenvalue weighted by molar-refractivity contribution is 0.299. The topological polar surface area (TPSA) is 41.5 Å². The van der Waals surface area contributed by atoms with E-state index in [-0.39, 0.29) is 6.61 Å². The van der Waals surface area contributed by atoms with Crippen LogP contribution >= 0.6 is 0 Å². The van der Waals surface area contributed by atoms with Crippen LogP contribution < -0.4 is 10.1 Å². The lowest BCUT2D eigenvalue weighted by atomic mass is 10.1. The normalized spacial score (nSPS) is 10.4. The van der Waals surface area contributed by atoms with Crippen molar-refractivity contribution in [2.45, 2.75) is 26.3 Å². The number of hydrogen-bond acceptors (Lipinski definition) is 3. The molecule has 0 aromatic heterocycles. The Morgan fingerprint density at radius 1 is 1.05 bits per heavy atom. The van der Waals surface area contributed by atoms with Gasteiger partial charge in [0.2, 0.25) is 0 Å². The minimum Gasteiger partial charge on any atom is -0.494 e. The van der Waals surface area contributed by atoms with Crippen molar-refractivity contribution in [2.24, 2.45) is 0 Å². The van der Waals surface area contributed by atoms with E-state index in [2.05, 4.69) is 24.4 Å². The Morgan fingerprint density at radius 3 is 2.57 bits per heavy atom. The first-order valence-electron chi connectivity index (χ1n) is 7.47. The molecular weight excluding hydrogens is 262 g/mol. The lowest BCUT2D eigenvalue weighted by Gasteiger charge is -2.09. The number of ether oxygens (including phenoxy) is 1. The SMILES string of the molecule is CCCOc1cccc(CNc2ccc(CCO)cc2)c1. The van der Waals surface area contributed by atoms with E-state index in [0.717, 1.165) is 36.6 Å². The first-order chi connectivity index (χ1) is 10.3. The van der Waals surface area contributed by atoms with Crippen LogP contribution in [0.4, 0.5) is 5.69 Å². The summed E-state index contributed by atoms with van der Waals surface area (Å²) in [6, 6.07) is 16.3. The fourth-order valence-corrected chi connectivity index (χ4v) is 2.09. The molecule has 3 heteroatoms. The van der Waals surface area contributed by atoms with E-state index in [9.17, 15) is 0 Å². The summed E-state index contributed by atoms with van der Waals surface area (Å²) in [5.74, 6) is 0.925. The van der Waals surface area contributed by atoms with Crippen LogP contribution in [-0.2, 0) is 13.0 Å². The van der Waals surface area contributed by atoms with Crippen LogP contribution in [0.1, 0.15) is 24.5 Å². The molecule has 0 fully saturated rings. The average Bonchev–Trinajstić information content (AvgIpc) is 2.53. The maximum atomic E-state index is 8.90. The highest BCUT2D eigenvalue weighted by Crippen LogP contribution is 2.16. The molecule has 2 aromatic rings. The van der Waals surface area contributed by atoms with Crippen LogP contribution in [0, 0.1) is 0 Å². The summed E-state index contributed by atoms with van der Waals surface area (Å²) in [6.07, 6.45) is 1.72. The van der Waals surface area contributed by atoms with Crippen molar-refractivity contribution in [3.05, 3.63) is 59.7 Å². The van der Waals surface area contributed by atoms with Gasteiger partial charge in [0.1, 0.15) is 5.75 Å². The summed E-state index contributed by atoms with van der Waals surface area (Å²) in [4.78, 5) is 0. The highest BCUT2D eigenvalue weighted by atomic mass is 16.5. The van der Waals surface area contributed by atoms with Crippen molar-refractivity contribution in [2.75, 3.05) is 18.5 Å². The molecule has 0 aliphatic rings. The quantitative estimate of drug-likeness (QED) is 0.778. The van der Waals surface area contributed by atoms with Crippen LogP contribution in [-0.4, -0.2) is 18.3 Å². The first kappa shape index (κ1) is 15.4. The van der Waals surface area contributed by atoms with E-state index in [1.807, 2.05) is 36.4 Å². The second-order valence-electron chi connectivity index (χ2n) is 5.02. The summed E-state index contributed by atoms with van der Waals surface area (Å²) in [6.45, 7) is 3.81. The largest absolute Gasteiger partial charge is 0.494 e. The molecule has 0 unspecified atom stereocenters. The number of nitrogens with one attached hydrogen (secondary N) is 1. The average molecular weight is 285 g/mol. The van der Waals surface area contributed by atoms with Crippen molar-refractivity contribution >= 4 is 5.69 Å². The molecule has 0 aliphatic heterocycles. The third-order valence-corrected chi connectivity index (χ3v) is 3.22. The van der Waals surface area contributed by atoms with E-state index in [0.29, 0.717) is 6.42 Å². The van der Waals surface area contributed by atoms with Gasteiger partial charge in [-0.2, -0.15) is 0 Å². The van der Waals surface area contributed by atoms with Gasteiger partial charge in [-0.1, -0.05) is 31.2 Å². The summed E-state index contributed by atoms with van der Waals surface area (Å²) < 4.78 is 5.64. The van der Waals surface area contributed by atoms with E-state index < -0.39 is 0 Å². The Balaban J connectivity index is 1.90. The first-order valence-corrected chi connectivity index (χ1v) is 7.47. The minimum absolute atomic E-state index is 0.192. The molecule has 0 radical (unpaired) electrons. The molecule has 112 valence electrons. The predicted molar refractivity (Wildman–Crippen MR) is 86.8 cm³/mol. The number of hydrogen-bond donors (Lipinski definition) is 2. The molecule has 0 atom stereocenters. The third kappa shape index (κ3) is 5.12. The van der Waals surface area contributed by atoms with Crippen LogP contribution in [0.15, 0.2) is 48.5 Å². The van der Waals surface area contributed by atoms with Crippen LogP contribution in [0.5, 0.6) is 5.75 Å². The van der Waals surface area contributed by atoms with Crippen LogP contribution in [0.25, 0.3) is 0 Å². The maximum Gasteiger partial charge on any atom is 0.119 e. The van der Waals surface area contributed by atoms with Gasteiger partial charge >= 0.3 is 0 Å². The highest BCUT2D eigenvalue weighted by Gasteiger charge is 1.98. The molecule has 21 heavy (non-hydrogen) atoms. The van der Waals surface area contributed by atoms with Crippen molar-refractivity contribution in [3.63, 3.8) is 0 Å². The van der Waals surface area contributed by atoms with E-state index in [4.69, 9.17) is 9.84 Å². The zero-order chi connectivity index (χ0) is 14.9. The number of rotatable bonds is 8. The van der Waals surface area contributed by atoms with Crippen molar-refractivity contribution in [1.82, 2.24) is 0 Å². The fourth-order valence-electron chi connectivity index (χ4n) is 2.09. The van der Waals surface area contributed by atoms with Gasteiger partial charge in [-0.3, -0.25) is 0 Å². The molecule has 0 amide bonds. The van der Waals surface area contributed by atoms with E-state index >= 15 is 0 Å². The molecule has 0 saturated heterocycles. The van der Waals surface area contributed by atoms with Gasteiger partial charge in [0.15, 0.2) is 0 Å². The zero-order valence-electron chi connectivity index (χ0n) is 12.5. The Hall–Kier alpha value is -2.00. The van der Waals surface area contributed by atoms with Crippen molar-refractivity contribution in [3.8, 4) is 5.75 Å². The Kier molecular flexibility index (Phi) is 6.10. The molecule has 2 aromatic carbocycles. The van der Waals surface area contributed by atoms with Gasteiger partial charge in [-0.15, -0.1) is 0 Å². The van der Waals surface area contributed by atoms with E-state index in [1.165, 1.54) is 5.56 Å². The number of aliphatic hydroxyl groups excluding tert-OH is 1. The minimum atomic E-state index is 0.192. The second-order valence-corrected chi connectivity index (χ2v) is 5.02. The molecule has 2 rings (SSSR count). The smallest absolute Gasteiger partial charge is 0.119 e. The zero-order valence-corrected chi connectivity index (χ0v) is 12.5. The standard InChI is InChI=1S/C18H23NO2/c1-2-12-21-18-5-3-4-16(13-18)14-19-17-8-6-15(7-9-17)10-11-20/h3-9,13,19-20H,2,10-12,14H2,1H3. The number of aliphatic hydroxyl groups is 1. The lowest BCUT2D eigenvalue weighted by Crippen LogP contribution is -2.01. The molecule has 0 heterocycles. The predicted octanol–water partition coefficient (Wildman–Crippen LogP) is 3.62. The monoisotopic (exact) mass is 285 g/mol. The molecule has 0 bridgehead atoms. The molecule has 2 N–H and O–H groups in total.